The zero-order valence-electron chi connectivity index (χ0n) is 15.1. The molecule has 8 heteroatoms. The van der Waals surface area contributed by atoms with Crippen LogP contribution in [0.2, 0.25) is 0 Å². The maximum atomic E-state index is 5.42. The van der Waals surface area contributed by atoms with Crippen molar-refractivity contribution in [3.63, 3.8) is 0 Å². The lowest BCUT2D eigenvalue weighted by Crippen LogP contribution is -2.41. The second-order valence-corrected chi connectivity index (χ2v) is 6.03. The van der Waals surface area contributed by atoms with Gasteiger partial charge in [0.1, 0.15) is 12.2 Å². The molecule has 0 radical (unpaired) electrons. The lowest BCUT2D eigenvalue weighted by Gasteiger charge is -2.26. The van der Waals surface area contributed by atoms with Gasteiger partial charge in [-0.15, -0.1) is 34.2 Å². The molecule has 24 heavy (non-hydrogen) atoms. The van der Waals surface area contributed by atoms with Crippen molar-refractivity contribution < 1.29 is 4.74 Å². The van der Waals surface area contributed by atoms with Gasteiger partial charge in [-0.25, -0.2) is 0 Å². The molecule has 1 aromatic rings. The zero-order valence-corrected chi connectivity index (χ0v) is 17.4. The summed E-state index contributed by atoms with van der Waals surface area (Å²) in [6.07, 6.45) is 6.27. The van der Waals surface area contributed by atoms with Gasteiger partial charge >= 0.3 is 0 Å². The highest BCUT2D eigenvalue weighted by Crippen LogP contribution is 2.18. The smallest absolute Gasteiger partial charge is 0.193 e. The van der Waals surface area contributed by atoms with Gasteiger partial charge in [0.2, 0.25) is 0 Å². The van der Waals surface area contributed by atoms with Gasteiger partial charge in [-0.1, -0.05) is 6.92 Å². The third-order valence-electron chi connectivity index (χ3n) is 4.43. The first-order chi connectivity index (χ1) is 11.2. The van der Waals surface area contributed by atoms with Crippen LogP contribution in [0.15, 0.2) is 11.3 Å². The van der Waals surface area contributed by atoms with Gasteiger partial charge in [-0.05, 0) is 25.2 Å². The van der Waals surface area contributed by atoms with Crippen LogP contribution < -0.4 is 5.32 Å². The Balaban J connectivity index is 0.00000288. The fraction of sp³-hybridized carbons (Fsp3) is 0.812. The largest absolute Gasteiger partial charge is 0.381 e. The second-order valence-electron chi connectivity index (χ2n) is 6.03. The molecule has 1 aliphatic rings. The zero-order chi connectivity index (χ0) is 16.5. The first-order valence-corrected chi connectivity index (χ1v) is 8.60. The number of nitrogens with zero attached hydrogens (tertiary/aromatic N) is 5. The van der Waals surface area contributed by atoms with E-state index in [9.17, 15) is 0 Å². The Hall–Kier alpha value is -0.900. The summed E-state index contributed by atoms with van der Waals surface area (Å²) in [4.78, 5) is 6.59. The highest BCUT2D eigenvalue weighted by Gasteiger charge is 2.15. The number of hydrogen-bond acceptors (Lipinski definition) is 4. The van der Waals surface area contributed by atoms with E-state index in [4.69, 9.17) is 4.74 Å². The Morgan fingerprint density at radius 3 is 2.88 bits per heavy atom. The minimum absolute atomic E-state index is 0. The fourth-order valence-corrected chi connectivity index (χ4v) is 2.93. The molecule has 0 amide bonds. The Bertz CT molecular complexity index is 487. The third-order valence-corrected chi connectivity index (χ3v) is 4.43. The first-order valence-electron chi connectivity index (χ1n) is 8.60. The first kappa shape index (κ1) is 21.1. The van der Waals surface area contributed by atoms with Gasteiger partial charge < -0.3 is 19.5 Å². The molecule has 1 aromatic heterocycles. The Morgan fingerprint density at radius 2 is 2.21 bits per heavy atom. The summed E-state index contributed by atoms with van der Waals surface area (Å²) in [6, 6.07) is 0. The molecular formula is C16H31IN6O. The van der Waals surface area contributed by atoms with Crippen LogP contribution in [0.3, 0.4) is 0 Å². The predicted molar refractivity (Wildman–Crippen MR) is 107 cm³/mol. The Labute approximate surface area is 162 Å². The van der Waals surface area contributed by atoms with Crippen LogP contribution in [0.25, 0.3) is 0 Å². The number of ether oxygens (including phenoxy) is 1. The van der Waals surface area contributed by atoms with Crippen LogP contribution in [0, 0.1) is 5.92 Å². The van der Waals surface area contributed by atoms with E-state index < -0.39 is 0 Å². The maximum absolute atomic E-state index is 5.42. The molecule has 0 unspecified atom stereocenters. The molecule has 7 nitrogen and oxygen atoms in total. The van der Waals surface area contributed by atoms with Crippen molar-refractivity contribution in [1.29, 1.82) is 0 Å². The lowest BCUT2D eigenvalue weighted by molar-refractivity contribution is 0.0625. The van der Waals surface area contributed by atoms with Crippen molar-refractivity contribution in [2.75, 3.05) is 40.4 Å². The van der Waals surface area contributed by atoms with Crippen LogP contribution in [-0.4, -0.2) is 66.0 Å². The molecule has 0 atom stereocenters. The van der Waals surface area contributed by atoms with Crippen molar-refractivity contribution in [1.82, 2.24) is 25.0 Å². The fourth-order valence-electron chi connectivity index (χ4n) is 2.93. The summed E-state index contributed by atoms with van der Waals surface area (Å²) in [6.45, 7) is 6.62. The Morgan fingerprint density at radius 1 is 1.46 bits per heavy atom. The molecule has 0 aliphatic carbocycles. The predicted octanol–water partition coefficient (Wildman–Crippen LogP) is 1.78. The molecule has 138 valence electrons. The molecule has 0 aromatic carbocycles. The van der Waals surface area contributed by atoms with Gasteiger partial charge in [-0.3, -0.25) is 4.99 Å². The number of hydrogen-bond donors (Lipinski definition) is 1. The molecule has 0 saturated carbocycles. The summed E-state index contributed by atoms with van der Waals surface area (Å²) in [5.74, 6) is 2.76. The van der Waals surface area contributed by atoms with E-state index in [1.165, 1.54) is 19.3 Å². The minimum Gasteiger partial charge on any atom is -0.381 e. The van der Waals surface area contributed by atoms with Crippen molar-refractivity contribution in [2.24, 2.45) is 10.9 Å². The SMILES string of the molecule is CCc1nncn1CCNC(=NC)N(C)CCC1CCOCC1.I. The summed E-state index contributed by atoms with van der Waals surface area (Å²) in [5, 5.41) is 11.5. The molecule has 0 spiro atoms. The molecule has 1 aliphatic heterocycles. The van der Waals surface area contributed by atoms with Crippen molar-refractivity contribution in [3.8, 4) is 0 Å². The maximum Gasteiger partial charge on any atom is 0.193 e. The number of aryl methyl sites for hydroxylation is 1. The molecule has 1 fully saturated rings. The Kier molecular flexibility index (Phi) is 10.2. The number of halogens is 1. The van der Waals surface area contributed by atoms with E-state index in [1.54, 1.807) is 6.33 Å². The monoisotopic (exact) mass is 450 g/mol. The molecular weight excluding hydrogens is 419 g/mol. The number of rotatable bonds is 7. The molecule has 1 N–H and O–H groups in total. The summed E-state index contributed by atoms with van der Waals surface area (Å²) < 4.78 is 7.51. The number of nitrogens with one attached hydrogen (secondary N) is 1. The summed E-state index contributed by atoms with van der Waals surface area (Å²) in [5.41, 5.74) is 0. The normalized spacial score (nSPS) is 15.9. The standard InChI is InChI=1S/C16H30N6O.HI/c1-4-15-20-19-13-22(15)10-8-18-16(17-2)21(3)9-5-14-6-11-23-12-7-14;/h13-14H,4-12H2,1-3H3,(H,17,18);1H. The quantitative estimate of drug-likeness (QED) is 0.390. The second kappa shape index (κ2) is 11.6. The van der Waals surface area contributed by atoms with E-state index in [1.807, 2.05) is 7.05 Å². The average Bonchev–Trinajstić information content (AvgIpc) is 3.05. The van der Waals surface area contributed by atoms with Gasteiger partial charge in [0.15, 0.2) is 5.96 Å². The highest BCUT2D eigenvalue weighted by atomic mass is 127. The molecule has 2 rings (SSSR count). The topological polar surface area (TPSA) is 67.6 Å². The van der Waals surface area contributed by atoms with E-state index >= 15 is 0 Å². The van der Waals surface area contributed by atoms with E-state index in [-0.39, 0.29) is 24.0 Å². The van der Waals surface area contributed by atoms with E-state index in [0.29, 0.717) is 0 Å². The van der Waals surface area contributed by atoms with Gasteiger partial charge in [-0.2, -0.15) is 0 Å². The van der Waals surface area contributed by atoms with Gasteiger partial charge in [0, 0.05) is 53.4 Å². The van der Waals surface area contributed by atoms with E-state index in [2.05, 4.69) is 43.9 Å². The molecule has 0 bridgehead atoms. The summed E-state index contributed by atoms with van der Waals surface area (Å²) in [7, 11) is 3.94. The number of aliphatic imine (C=N–C) groups is 1. The molecule has 2 heterocycles. The van der Waals surface area contributed by atoms with Crippen LogP contribution in [0.1, 0.15) is 32.0 Å². The van der Waals surface area contributed by atoms with Crippen molar-refractivity contribution in [2.45, 2.75) is 39.2 Å². The minimum atomic E-state index is 0. The average molecular weight is 450 g/mol. The van der Waals surface area contributed by atoms with Crippen LogP contribution in [0.4, 0.5) is 0 Å². The molecule has 1 saturated heterocycles. The third kappa shape index (κ3) is 6.54. The van der Waals surface area contributed by atoms with E-state index in [0.717, 1.165) is 57.0 Å². The van der Waals surface area contributed by atoms with Crippen molar-refractivity contribution in [3.05, 3.63) is 12.2 Å². The summed E-state index contributed by atoms with van der Waals surface area (Å²) >= 11 is 0. The van der Waals surface area contributed by atoms with Gasteiger partial charge in [0.05, 0.1) is 0 Å². The van der Waals surface area contributed by atoms with Crippen molar-refractivity contribution >= 4 is 29.9 Å². The van der Waals surface area contributed by atoms with Crippen LogP contribution in [-0.2, 0) is 17.7 Å². The van der Waals surface area contributed by atoms with Gasteiger partial charge in [0.25, 0.3) is 0 Å². The van der Waals surface area contributed by atoms with Crippen LogP contribution in [0.5, 0.6) is 0 Å². The lowest BCUT2D eigenvalue weighted by atomic mass is 9.96. The number of aromatic nitrogens is 3. The number of guanidine groups is 1. The van der Waals surface area contributed by atoms with Crippen LogP contribution >= 0.6 is 24.0 Å². The highest BCUT2D eigenvalue weighted by molar-refractivity contribution is 14.0.